The van der Waals surface area contributed by atoms with E-state index in [1.54, 1.807) is 0 Å². The van der Waals surface area contributed by atoms with Crippen LogP contribution in [0.4, 0.5) is 0 Å². The highest BCUT2D eigenvalue weighted by atomic mass is 79.9. The predicted molar refractivity (Wildman–Crippen MR) is 77.3 cm³/mol. The average molecular weight is 289 g/mol. The highest BCUT2D eigenvalue weighted by molar-refractivity contribution is 9.10. The van der Waals surface area contributed by atoms with Crippen LogP contribution in [0.5, 0.6) is 0 Å². The van der Waals surface area contributed by atoms with Crippen LogP contribution in [0.15, 0.2) is 53.0 Å². The zero-order valence-electron chi connectivity index (χ0n) is 10.1. The van der Waals surface area contributed by atoms with Gasteiger partial charge in [-0.05, 0) is 43.4 Å². The van der Waals surface area contributed by atoms with E-state index in [2.05, 4.69) is 53.2 Å². The summed E-state index contributed by atoms with van der Waals surface area (Å²) >= 11 is 3.55. The Hall–Kier alpha value is -1.08. The van der Waals surface area contributed by atoms with E-state index in [4.69, 9.17) is 0 Å². The molecule has 0 saturated carbocycles. The molecule has 2 aromatic carbocycles. The van der Waals surface area contributed by atoms with Crippen molar-refractivity contribution in [2.45, 2.75) is 26.2 Å². The Morgan fingerprint density at radius 1 is 0.882 bits per heavy atom. The van der Waals surface area contributed by atoms with Crippen molar-refractivity contribution in [2.24, 2.45) is 0 Å². The van der Waals surface area contributed by atoms with E-state index in [1.165, 1.54) is 40.4 Å². The summed E-state index contributed by atoms with van der Waals surface area (Å²) < 4.78 is 1.29. The molecule has 0 amide bonds. The fourth-order valence-electron chi connectivity index (χ4n) is 2.11. The molecule has 0 fully saturated rings. The number of fused-ring (bicyclic) bond motifs is 1. The lowest BCUT2D eigenvalue weighted by molar-refractivity contribution is 0.910. The molecule has 0 nitrogen and oxygen atoms in total. The summed E-state index contributed by atoms with van der Waals surface area (Å²) in [5.41, 5.74) is 4.39. The molecule has 17 heavy (non-hydrogen) atoms. The second kappa shape index (κ2) is 6.02. The van der Waals surface area contributed by atoms with Crippen LogP contribution in [0.3, 0.4) is 0 Å². The Labute approximate surface area is 112 Å². The van der Waals surface area contributed by atoms with Crippen molar-refractivity contribution in [1.29, 1.82) is 0 Å². The van der Waals surface area contributed by atoms with Gasteiger partial charge in [0.2, 0.25) is 0 Å². The van der Waals surface area contributed by atoms with Gasteiger partial charge in [-0.2, -0.15) is 0 Å². The van der Waals surface area contributed by atoms with Crippen LogP contribution in [0.1, 0.15) is 23.1 Å². The highest BCUT2D eigenvalue weighted by Gasteiger charge is 2.11. The number of aryl methyl sites for hydroxylation is 2. The second-order valence-electron chi connectivity index (χ2n) is 4.39. The van der Waals surface area contributed by atoms with E-state index in [0.717, 1.165) is 0 Å². The molecular formula is C16H17Br. The smallest absolute Gasteiger partial charge is 0.0210 e. The molecule has 0 spiro atoms. The van der Waals surface area contributed by atoms with E-state index in [0.29, 0.717) is 0 Å². The van der Waals surface area contributed by atoms with Crippen molar-refractivity contribution >= 4 is 15.9 Å². The molecule has 1 heteroatoms. The van der Waals surface area contributed by atoms with Crippen LogP contribution < -0.4 is 0 Å². The first kappa shape index (κ1) is 12.4. The van der Waals surface area contributed by atoms with Crippen LogP contribution in [0, 0.1) is 6.92 Å². The molecule has 2 aromatic rings. The third-order valence-corrected chi connectivity index (χ3v) is 3.77. The molecule has 0 bridgehead atoms. The van der Waals surface area contributed by atoms with Crippen molar-refractivity contribution < 1.29 is 0 Å². The lowest BCUT2D eigenvalue weighted by Crippen LogP contribution is -1.81. The third-order valence-electron chi connectivity index (χ3n) is 3.03. The molecular weight excluding hydrogens is 272 g/mol. The summed E-state index contributed by atoms with van der Waals surface area (Å²) in [6.07, 6.45) is 3.86. The standard InChI is InChI=1S/C9H9Br.C7H8/c10-9-6-2-4-7-3-1-5-8(7)9;1-7-5-3-2-4-6-7/h2,4,6H,1,3,5H2;2-6H,1H3. The predicted octanol–water partition coefficient (Wildman–Crippen LogP) is 4.93. The van der Waals surface area contributed by atoms with Crippen LogP contribution >= 0.6 is 15.9 Å². The van der Waals surface area contributed by atoms with Crippen molar-refractivity contribution in [3.63, 3.8) is 0 Å². The second-order valence-corrected chi connectivity index (χ2v) is 5.24. The minimum absolute atomic E-state index is 1.26. The van der Waals surface area contributed by atoms with Gasteiger partial charge in [-0.1, -0.05) is 64.0 Å². The number of hydrogen-bond acceptors (Lipinski definition) is 0. The van der Waals surface area contributed by atoms with E-state index < -0.39 is 0 Å². The summed E-state index contributed by atoms with van der Waals surface area (Å²) in [5, 5.41) is 0. The molecule has 0 radical (unpaired) electrons. The number of halogens is 1. The Morgan fingerprint density at radius 2 is 1.65 bits per heavy atom. The molecule has 1 aliphatic carbocycles. The van der Waals surface area contributed by atoms with E-state index >= 15 is 0 Å². The Bertz CT molecular complexity index is 474. The molecule has 0 saturated heterocycles. The van der Waals surface area contributed by atoms with Crippen LogP contribution in [0.2, 0.25) is 0 Å². The molecule has 3 rings (SSSR count). The van der Waals surface area contributed by atoms with Gasteiger partial charge in [0, 0.05) is 4.47 Å². The molecule has 0 atom stereocenters. The molecule has 0 aliphatic heterocycles. The highest BCUT2D eigenvalue weighted by Crippen LogP contribution is 2.28. The first-order valence-electron chi connectivity index (χ1n) is 6.05. The summed E-state index contributed by atoms with van der Waals surface area (Å²) in [5.74, 6) is 0. The van der Waals surface area contributed by atoms with Gasteiger partial charge in [-0.25, -0.2) is 0 Å². The fraction of sp³-hybridized carbons (Fsp3) is 0.250. The van der Waals surface area contributed by atoms with Gasteiger partial charge in [0.15, 0.2) is 0 Å². The van der Waals surface area contributed by atoms with Gasteiger partial charge in [0.25, 0.3) is 0 Å². The van der Waals surface area contributed by atoms with E-state index in [9.17, 15) is 0 Å². The quantitative estimate of drug-likeness (QED) is 0.645. The third kappa shape index (κ3) is 3.44. The minimum Gasteiger partial charge on any atom is -0.0622 e. The van der Waals surface area contributed by atoms with E-state index in [1.807, 2.05) is 18.2 Å². The lowest BCUT2D eigenvalue weighted by Gasteiger charge is -1.99. The Kier molecular flexibility index (Phi) is 4.38. The fourth-order valence-corrected chi connectivity index (χ4v) is 2.71. The van der Waals surface area contributed by atoms with Crippen molar-refractivity contribution in [3.05, 3.63) is 69.7 Å². The maximum Gasteiger partial charge on any atom is 0.0210 e. The molecule has 1 aliphatic rings. The zero-order chi connectivity index (χ0) is 12.1. The SMILES string of the molecule is Brc1cccc2c1CCC2.Cc1ccccc1. The molecule has 0 unspecified atom stereocenters. The monoisotopic (exact) mass is 288 g/mol. The van der Waals surface area contributed by atoms with Crippen molar-refractivity contribution in [3.8, 4) is 0 Å². The molecule has 0 aromatic heterocycles. The summed E-state index contributed by atoms with van der Waals surface area (Å²) in [4.78, 5) is 0. The van der Waals surface area contributed by atoms with Gasteiger partial charge in [0.05, 0.1) is 0 Å². The summed E-state index contributed by atoms with van der Waals surface area (Å²) in [6, 6.07) is 16.7. The largest absolute Gasteiger partial charge is 0.0622 e. The van der Waals surface area contributed by atoms with Crippen LogP contribution in [-0.2, 0) is 12.8 Å². The van der Waals surface area contributed by atoms with Crippen molar-refractivity contribution in [2.75, 3.05) is 0 Å². The number of rotatable bonds is 0. The topological polar surface area (TPSA) is 0 Å². The first-order chi connectivity index (χ1) is 8.27. The van der Waals surface area contributed by atoms with Gasteiger partial charge in [0.1, 0.15) is 0 Å². The first-order valence-corrected chi connectivity index (χ1v) is 6.84. The molecule has 88 valence electrons. The number of benzene rings is 2. The summed E-state index contributed by atoms with van der Waals surface area (Å²) in [6.45, 7) is 2.08. The maximum atomic E-state index is 3.55. The number of hydrogen-bond donors (Lipinski definition) is 0. The average Bonchev–Trinajstić information content (AvgIpc) is 2.80. The molecule has 0 N–H and O–H groups in total. The normalized spacial score (nSPS) is 12.6. The van der Waals surface area contributed by atoms with Gasteiger partial charge < -0.3 is 0 Å². The van der Waals surface area contributed by atoms with Crippen LogP contribution in [-0.4, -0.2) is 0 Å². The maximum absolute atomic E-state index is 3.55. The zero-order valence-corrected chi connectivity index (χ0v) is 11.7. The van der Waals surface area contributed by atoms with Crippen molar-refractivity contribution in [1.82, 2.24) is 0 Å². The van der Waals surface area contributed by atoms with Gasteiger partial charge in [-0.15, -0.1) is 0 Å². The van der Waals surface area contributed by atoms with Gasteiger partial charge >= 0.3 is 0 Å². The molecule has 0 heterocycles. The Balaban J connectivity index is 0.000000136. The van der Waals surface area contributed by atoms with E-state index in [-0.39, 0.29) is 0 Å². The van der Waals surface area contributed by atoms with Crippen LogP contribution in [0.25, 0.3) is 0 Å². The minimum atomic E-state index is 1.26. The van der Waals surface area contributed by atoms with Gasteiger partial charge in [-0.3, -0.25) is 0 Å². The Morgan fingerprint density at radius 3 is 2.24 bits per heavy atom. The lowest BCUT2D eigenvalue weighted by atomic mass is 10.1. The summed E-state index contributed by atoms with van der Waals surface area (Å²) in [7, 11) is 0.